The molecule has 108 valence electrons. The number of hydrogen-bond acceptors (Lipinski definition) is 2. The summed E-state index contributed by atoms with van der Waals surface area (Å²) in [6.07, 6.45) is 1.45. The quantitative estimate of drug-likeness (QED) is 0.685. The lowest BCUT2D eigenvalue weighted by molar-refractivity contribution is -0.117. The molecule has 1 heterocycles. The Hall–Kier alpha value is -1.81. The minimum Gasteiger partial charge on any atom is -0.399 e. The van der Waals surface area contributed by atoms with E-state index in [1.165, 1.54) is 11.1 Å². The molecule has 1 amide bonds. The Kier molecular flexibility index (Phi) is 3.97. The molecule has 1 atom stereocenters. The van der Waals surface area contributed by atoms with Crippen LogP contribution in [0, 0.1) is 0 Å². The van der Waals surface area contributed by atoms with Gasteiger partial charge in [-0.15, -0.1) is 0 Å². The van der Waals surface area contributed by atoms with Crippen molar-refractivity contribution in [3.05, 3.63) is 59.7 Å². The van der Waals surface area contributed by atoms with E-state index in [0.29, 0.717) is 6.42 Å². The highest BCUT2D eigenvalue weighted by Crippen LogP contribution is 2.25. The number of carbonyl (C=O) groups excluding carboxylic acids is 1. The molecule has 0 aliphatic carbocycles. The fraction of sp³-hybridized carbons (Fsp3) is 0.235. The standard InChI is InChI=1S/C17H17BrN2O/c18-14-10-17(21)20(11-14)16-7-3-13(4-8-16)9-12-1-5-15(19)6-2-12/h1-8,14H,9-11,19H2. The second-order valence-electron chi connectivity index (χ2n) is 5.39. The van der Waals surface area contributed by atoms with E-state index in [1.54, 1.807) is 0 Å². The molecule has 1 saturated heterocycles. The van der Waals surface area contributed by atoms with E-state index in [9.17, 15) is 4.79 Å². The third kappa shape index (κ3) is 3.27. The van der Waals surface area contributed by atoms with Gasteiger partial charge in [0.2, 0.25) is 5.91 Å². The van der Waals surface area contributed by atoms with Gasteiger partial charge in [0, 0.05) is 29.2 Å². The lowest BCUT2D eigenvalue weighted by Crippen LogP contribution is -2.24. The van der Waals surface area contributed by atoms with Crippen LogP contribution in [0.15, 0.2) is 48.5 Å². The first-order valence-electron chi connectivity index (χ1n) is 6.99. The Balaban J connectivity index is 1.72. The average molecular weight is 345 g/mol. The van der Waals surface area contributed by atoms with Crippen LogP contribution in [0.25, 0.3) is 0 Å². The summed E-state index contributed by atoms with van der Waals surface area (Å²) in [5.41, 5.74) is 9.91. The summed E-state index contributed by atoms with van der Waals surface area (Å²) in [6, 6.07) is 16.1. The lowest BCUT2D eigenvalue weighted by Gasteiger charge is -2.16. The van der Waals surface area contributed by atoms with Crippen molar-refractivity contribution in [3.63, 3.8) is 0 Å². The van der Waals surface area contributed by atoms with Crippen LogP contribution in [0.1, 0.15) is 17.5 Å². The maximum Gasteiger partial charge on any atom is 0.228 e. The highest BCUT2D eigenvalue weighted by atomic mass is 79.9. The number of anilines is 2. The molecule has 2 N–H and O–H groups in total. The van der Waals surface area contributed by atoms with E-state index in [4.69, 9.17) is 5.73 Å². The van der Waals surface area contributed by atoms with Crippen molar-refractivity contribution in [1.82, 2.24) is 0 Å². The topological polar surface area (TPSA) is 46.3 Å². The van der Waals surface area contributed by atoms with Crippen LogP contribution < -0.4 is 10.6 Å². The number of rotatable bonds is 3. The molecular weight excluding hydrogens is 328 g/mol. The number of hydrogen-bond donors (Lipinski definition) is 1. The van der Waals surface area contributed by atoms with E-state index in [2.05, 4.69) is 28.1 Å². The summed E-state index contributed by atoms with van der Waals surface area (Å²) in [6.45, 7) is 0.746. The molecule has 0 spiro atoms. The molecule has 0 aromatic heterocycles. The van der Waals surface area contributed by atoms with Gasteiger partial charge in [-0.05, 0) is 41.8 Å². The molecule has 0 radical (unpaired) electrons. The zero-order chi connectivity index (χ0) is 14.8. The van der Waals surface area contributed by atoms with Crippen molar-refractivity contribution in [2.24, 2.45) is 0 Å². The first kappa shape index (κ1) is 14.1. The van der Waals surface area contributed by atoms with Gasteiger partial charge in [-0.25, -0.2) is 0 Å². The van der Waals surface area contributed by atoms with Crippen LogP contribution in [0.3, 0.4) is 0 Å². The SMILES string of the molecule is Nc1ccc(Cc2ccc(N3CC(Br)CC3=O)cc2)cc1. The minimum atomic E-state index is 0.183. The molecule has 0 saturated carbocycles. The Morgan fingerprint density at radius 3 is 2.14 bits per heavy atom. The maximum atomic E-state index is 11.9. The zero-order valence-electron chi connectivity index (χ0n) is 11.6. The van der Waals surface area contributed by atoms with Gasteiger partial charge in [0.15, 0.2) is 0 Å². The third-order valence-corrected chi connectivity index (χ3v) is 4.33. The van der Waals surface area contributed by atoms with Crippen LogP contribution in [0.2, 0.25) is 0 Å². The van der Waals surface area contributed by atoms with Crippen molar-refractivity contribution in [2.75, 3.05) is 17.2 Å². The van der Waals surface area contributed by atoms with Crippen molar-refractivity contribution in [1.29, 1.82) is 0 Å². The predicted molar refractivity (Wildman–Crippen MR) is 89.8 cm³/mol. The summed E-state index contributed by atoms with van der Waals surface area (Å²) < 4.78 is 0. The normalized spacial score (nSPS) is 18.2. The number of nitrogen functional groups attached to an aromatic ring is 1. The monoisotopic (exact) mass is 344 g/mol. The molecule has 1 unspecified atom stereocenters. The van der Waals surface area contributed by atoms with E-state index >= 15 is 0 Å². The summed E-state index contributed by atoms with van der Waals surface area (Å²) in [5.74, 6) is 0.183. The fourth-order valence-electron chi connectivity index (χ4n) is 2.58. The van der Waals surface area contributed by atoms with Gasteiger partial charge in [-0.1, -0.05) is 40.2 Å². The largest absolute Gasteiger partial charge is 0.399 e. The molecule has 3 nitrogen and oxygen atoms in total. The number of nitrogens with two attached hydrogens (primary N) is 1. The number of nitrogens with zero attached hydrogens (tertiary/aromatic N) is 1. The van der Waals surface area contributed by atoms with Gasteiger partial charge in [0.05, 0.1) is 0 Å². The molecule has 3 rings (SSSR count). The maximum absolute atomic E-state index is 11.9. The van der Waals surface area contributed by atoms with E-state index in [0.717, 1.165) is 24.3 Å². The number of benzene rings is 2. The van der Waals surface area contributed by atoms with E-state index in [1.807, 2.05) is 41.3 Å². The Morgan fingerprint density at radius 1 is 1.05 bits per heavy atom. The van der Waals surface area contributed by atoms with E-state index in [-0.39, 0.29) is 10.7 Å². The molecule has 2 aromatic carbocycles. The number of halogens is 1. The molecule has 4 heteroatoms. The fourth-order valence-corrected chi connectivity index (χ4v) is 3.14. The van der Waals surface area contributed by atoms with Gasteiger partial charge in [-0.3, -0.25) is 4.79 Å². The number of amides is 1. The highest BCUT2D eigenvalue weighted by Gasteiger charge is 2.28. The molecule has 1 aliphatic heterocycles. The Bertz CT molecular complexity index is 637. The van der Waals surface area contributed by atoms with Crippen molar-refractivity contribution in [3.8, 4) is 0 Å². The molecule has 1 aliphatic rings. The summed E-state index contributed by atoms with van der Waals surface area (Å²) in [4.78, 5) is 14.0. The Morgan fingerprint density at radius 2 is 1.62 bits per heavy atom. The summed E-state index contributed by atoms with van der Waals surface area (Å²) >= 11 is 3.51. The van der Waals surface area contributed by atoms with Crippen LogP contribution in [-0.4, -0.2) is 17.3 Å². The first-order chi connectivity index (χ1) is 10.1. The van der Waals surface area contributed by atoms with Crippen LogP contribution in [0.5, 0.6) is 0 Å². The third-order valence-electron chi connectivity index (χ3n) is 3.71. The van der Waals surface area contributed by atoms with Gasteiger partial charge < -0.3 is 10.6 Å². The molecule has 21 heavy (non-hydrogen) atoms. The van der Waals surface area contributed by atoms with E-state index < -0.39 is 0 Å². The van der Waals surface area contributed by atoms with Crippen molar-refractivity contribution in [2.45, 2.75) is 17.7 Å². The van der Waals surface area contributed by atoms with Gasteiger partial charge in [0.25, 0.3) is 0 Å². The van der Waals surface area contributed by atoms with Crippen LogP contribution in [-0.2, 0) is 11.2 Å². The van der Waals surface area contributed by atoms with Crippen LogP contribution >= 0.6 is 15.9 Å². The Labute approximate surface area is 132 Å². The summed E-state index contributed by atoms with van der Waals surface area (Å²) in [5, 5.41) is 0. The second kappa shape index (κ2) is 5.90. The number of carbonyl (C=O) groups is 1. The zero-order valence-corrected chi connectivity index (χ0v) is 13.2. The predicted octanol–water partition coefficient (Wildman–Crippen LogP) is 3.36. The lowest BCUT2D eigenvalue weighted by atomic mass is 10.0. The average Bonchev–Trinajstić information content (AvgIpc) is 2.81. The van der Waals surface area contributed by atoms with Gasteiger partial charge in [0.1, 0.15) is 0 Å². The molecule has 2 aromatic rings. The van der Waals surface area contributed by atoms with Crippen molar-refractivity contribution < 1.29 is 4.79 Å². The van der Waals surface area contributed by atoms with Crippen molar-refractivity contribution >= 4 is 33.2 Å². The minimum absolute atomic E-state index is 0.183. The number of alkyl halides is 1. The molecular formula is C17H17BrN2O. The smallest absolute Gasteiger partial charge is 0.228 e. The van der Waals surface area contributed by atoms with Crippen LogP contribution in [0.4, 0.5) is 11.4 Å². The molecule has 0 bridgehead atoms. The first-order valence-corrected chi connectivity index (χ1v) is 7.91. The highest BCUT2D eigenvalue weighted by molar-refractivity contribution is 9.09. The second-order valence-corrected chi connectivity index (χ2v) is 6.69. The molecule has 1 fully saturated rings. The summed E-state index contributed by atoms with van der Waals surface area (Å²) in [7, 11) is 0. The van der Waals surface area contributed by atoms with Gasteiger partial charge in [-0.2, -0.15) is 0 Å². The van der Waals surface area contributed by atoms with Gasteiger partial charge >= 0.3 is 0 Å².